The minimum Gasteiger partial charge on any atom is -0.493 e. The van der Waals surface area contributed by atoms with Crippen LogP contribution in [0.5, 0.6) is 5.75 Å². The van der Waals surface area contributed by atoms with Gasteiger partial charge in [0.15, 0.2) is 0 Å². The van der Waals surface area contributed by atoms with Gasteiger partial charge in [-0.1, -0.05) is 30.7 Å². The highest BCUT2D eigenvalue weighted by atomic mass is 32.2. The van der Waals surface area contributed by atoms with E-state index in [1.807, 2.05) is 24.3 Å². The van der Waals surface area contributed by atoms with Crippen molar-refractivity contribution in [3.05, 3.63) is 64.7 Å². The van der Waals surface area contributed by atoms with Gasteiger partial charge in [0.05, 0.1) is 17.9 Å². The molecule has 1 N–H and O–H groups in total. The standard InChI is InChI=1S/C26H31F3N2O4S/c1-18(20-11-12-23(26(27,28)29)24(15-20)35-17-19-9-10-19)30-36(33,34)14-6-2-5-13-31-16-21-7-3-4-8-22(21)25(31)32/h3-4,7-8,11-12,15,18-19,30H,2,5-6,9-10,13-14,16-17H2,1H3/t18-/m0/s1. The molecule has 0 spiro atoms. The molecule has 36 heavy (non-hydrogen) atoms. The molecule has 1 amide bonds. The number of alkyl halides is 3. The van der Waals surface area contributed by atoms with E-state index in [2.05, 4.69) is 4.72 Å². The number of amides is 1. The van der Waals surface area contributed by atoms with Gasteiger partial charge in [-0.25, -0.2) is 13.1 Å². The van der Waals surface area contributed by atoms with Gasteiger partial charge in [-0.3, -0.25) is 4.79 Å². The Morgan fingerprint density at radius 2 is 1.86 bits per heavy atom. The van der Waals surface area contributed by atoms with E-state index < -0.39 is 27.8 Å². The van der Waals surface area contributed by atoms with E-state index in [0.717, 1.165) is 30.0 Å². The van der Waals surface area contributed by atoms with Gasteiger partial charge >= 0.3 is 6.18 Å². The molecule has 196 valence electrons. The Kier molecular flexibility index (Phi) is 7.94. The zero-order valence-corrected chi connectivity index (χ0v) is 21.0. The lowest BCUT2D eigenvalue weighted by molar-refractivity contribution is -0.139. The third-order valence-corrected chi connectivity index (χ3v) is 8.11. The number of benzene rings is 2. The fraction of sp³-hybridized carbons (Fsp3) is 0.500. The van der Waals surface area contributed by atoms with Crippen LogP contribution in [0.15, 0.2) is 42.5 Å². The summed E-state index contributed by atoms with van der Waals surface area (Å²) in [6, 6.07) is 10.3. The van der Waals surface area contributed by atoms with E-state index >= 15 is 0 Å². The van der Waals surface area contributed by atoms with Gasteiger partial charge in [0.1, 0.15) is 5.75 Å². The van der Waals surface area contributed by atoms with Crippen LogP contribution in [0.4, 0.5) is 13.2 Å². The van der Waals surface area contributed by atoms with Crippen LogP contribution in [0.25, 0.3) is 0 Å². The highest BCUT2D eigenvalue weighted by Gasteiger charge is 2.35. The number of nitrogens with zero attached hydrogens (tertiary/aromatic N) is 1. The van der Waals surface area contributed by atoms with Gasteiger partial charge in [-0.2, -0.15) is 13.2 Å². The zero-order valence-electron chi connectivity index (χ0n) is 20.2. The van der Waals surface area contributed by atoms with E-state index in [9.17, 15) is 26.4 Å². The Morgan fingerprint density at radius 1 is 1.11 bits per heavy atom. The Labute approximate surface area is 209 Å². The van der Waals surface area contributed by atoms with Crippen LogP contribution in [0.3, 0.4) is 0 Å². The predicted octanol–water partition coefficient (Wildman–Crippen LogP) is 5.30. The number of carbonyl (C=O) groups excluding carboxylic acids is 1. The maximum atomic E-state index is 13.4. The summed E-state index contributed by atoms with van der Waals surface area (Å²) in [5.74, 6) is -0.0798. The lowest BCUT2D eigenvalue weighted by atomic mass is 10.1. The third kappa shape index (κ3) is 6.79. The number of unbranched alkanes of at least 4 members (excludes halogenated alkanes) is 2. The van der Waals surface area contributed by atoms with E-state index in [0.29, 0.717) is 37.9 Å². The average Bonchev–Trinajstić information content (AvgIpc) is 3.59. The Balaban J connectivity index is 1.25. The lowest BCUT2D eigenvalue weighted by Gasteiger charge is -2.19. The quantitative estimate of drug-likeness (QED) is 0.383. The number of ether oxygens (including phenoxy) is 1. The van der Waals surface area contributed by atoms with Crippen molar-refractivity contribution < 1.29 is 31.1 Å². The number of hydrogen-bond donors (Lipinski definition) is 1. The van der Waals surface area contributed by atoms with Crippen LogP contribution in [-0.2, 0) is 22.7 Å². The first kappa shape index (κ1) is 26.5. The molecular weight excluding hydrogens is 493 g/mol. The summed E-state index contributed by atoms with van der Waals surface area (Å²) in [5, 5.41) is 0. The molecular formula is C26H31F3N2O4S. The van der Waals surface area contributed by atoms with Crippen LogP contribution in [-0.4, -0.2) is 38.1 Å². The summed E-state index contributed by atoms with van der Waals surface area (Å²) in [6.45, 7) is 2.96. The molecule has 0 aromatic heterocycles. The molecule has 1 aliphatic carbocycles. The van der Waals surface area contributed by atoms with Crippen molar-refractivity contribution in [1.29, 1.82) is 0 Å². The molecule has 0 unspecified atom stereocenters. The molecule has 6 nitrogen and oxygen atoms in total. The molecule has 1 fully saturated rings. The number of rotatable bonds is 12. The summed E-state index contributed by atoms with van der Waals surface area (Å²) in [4.78, 5) is 14.2. The molecule has 0 radical (unpaired) electrons. The normalized spacial score (nSPS) is 16.8. The van der Waals surface area contributed by atoms with Crippen LogP contribution < -0.4 is 9.46 Å². The van der Waals surface area contributed by atoms with E-state index in [-0.39, 0.29) is 29.9 Å². The molecule has 2 aliphatic rings. The predicted molar refractivity (Wildman–Crippen MR) is 130 cm³/mol. The molecule has 1 aliphatic heterocycles. The maximum absolute atomic E-state index is 13.4. The fourth-order valence-electron chi connectivity index (χ4n) is 4.32. The van der Waals surface area contributed by atoms with Gasteiger partial charge in [-0.15, -0.1) is 0 Å². The SMILES string of the molecule is C[C@H](NS(=O)(=O)CCCCCN1Cc2ccccc2C1=O)c1ccc(C(F)(F)F)c(OCC2CC2)c1. The van der Waals surface area contributed by atoms with Crippen molar-refractivity contribution in [3.63, 3.8) is 0 Å². The second kappa shape index (κ2) is 10.8. The minimum atomic E-state index is -4.55. The monoisotopic (exact) mass is 524 g/mol. The second-order valence-electron chi connectivity index (χ2n) is 9.61. The molecule has 1 saturated carbocycles. The first-order valence-electron chi connectivity index (χ1n) is 12.2. The molecule has 2 aromatic carbocycles. The molecule has 10 heteroatoms. The van der Waals surface area contributed by atoms with Crippen molar-refractivity contribution in [2.24, 2.45) is 5.92 Å². The van der Waals surface area contributed by atoms with Crippen molar-refractivity contribution >= 4 is 15.9 Å². The first-order chi connectivity index (χ1) is 17.0. The molecule has 0 saturated heterocycles. The summed E-state index contributed by atoms with van der Waals surface area (Å²) in [7, 11) is -3.64. The molecule has 4 rings (SSSR count). The summed E-state index contributed by atoms with van der Waals surface area (Å²) < 4.78 is 73.3. The number of sulfonamides is 1. The van der Waals surface area contributed by atoms with Crippen LogP contribution in [0.1, 0.15) is 72.1 Å². The smallest absolute Gasteiger partial charge is 0.419 e. The second-order valence-corrected chi connectivity index (χ2v) is 11.5. The minimum absolute atomic E-state index is 0.00531. The van der Waals surface area contributed by atoms with Crippen LogP contribution in [0.2, 0.25) is 0 Å². The summed E-state index contributed by atoms with van der Waals surface area (Å²) >= 11 is 0. The molecule has 2 aromatic rings. The molecule has 0 bridgehead atoms. The van der Waals surface area contributed by atoms with Gasteiger partial charge in [-0.05, 0) is 67.9 Å². The van der Waals surface area contributed by atoms with Gasteiger partial charge in [0.2, 0.25) is 10.0 Å². The van der Waals surface area contributed by atoms with Gasteiger partial charge in [0.25, 0.3) is 5.91 Å². The summed E-state index contributed by atoms with van der Waals surface area (Å²) in [6.07, 6.45) is -0.929. The topological polar surface area (TPSA) is 75.7 Å². The van der Waals surface area contributed by atoms with Gasteiger partial charge in [0, 0.05) is 24.7 Å². The Morgan fingerprint density at radius 3 is 2.56 bits per heavy atom. The van der Waals surface area contributed by atoms with E-state index in [1.54, 1.807) is 11.8 Å². The number of carbonyl (C=O) groups is 1. The molecule has 1 atom stereocenters. The van der Waals surface area contributed by atoms with Gasteiger partial charge < -0.3 is 9.64 Å². The van der Waals surface area contributed by atoms with Crippen molar-refractivity contribution in [2.75, 3.05) is 18.9 Å². The Bertz CT molecular complexity index is 1200. The third-order valence-electron chi connectivity index (χ3n) is 6.58. The number of fused-ring (bicyclic) bond motifs is 1. The highest BCUT2D eigenvalue weighted by molar-refractivity contribution is 7.89. The van der Waals surface area contributed by atoms with E-state index in [1.165, 1.54) is 12.1 Å². The van der Waals surface area contributed by atoms with Crippen LogP contribution >= 0.6 is 0 Å². The Hall–Kier alpha value is -2.59. The fourth-order valence-corrected chi connectivity index (χ4v) is 5.69. The first-order valence-corrected chi connectivity index (χ1v) is 13.9. The van der Waals surface area contributed by atoms with Crippen molar-refractivity contribution in [3.8, 4) is 5.75 Å². The number of hydrogen-bond acceptors (Lipinski definition) is 4. The van der Waals surface area contributed by atoms with E-state index in [4.69, 9.17) is 4.74 Å². The maximum Gasteiger partial charge on any atom is 0.419 e. The average molecular weight is 525 g/mol. The highest BCUT2D eigenvalue weighted by Crippen LogP contribution is 2.39. The van der Waals surface area contributed by atoms with Crippen molar-refractivity contribution in [2.45, 2.75) is 57.8 Å². The largest absolute Gasteiger partial charge is 0.493 e. The van der Waals surface area contributed by atoms with Crippen LogP contribution in [0, 0.1) is 5.92 Å². The van der Waals surface area contributed by atoms with Crippen molar-refractivity contribution in [1.82, 2.24) is 9.62 Å². The lowest BCUT2D eigenvalue weighted by Crippen LogP contribution is -2.29. The molecule has 1 heterocycles. The summed E-state index contributed by atoms with van der Waals surface area (Å²) in [5.41, 5.74) is 1.28. The number of nitrogens with one attached hydrogen (secondary N) is 1. The number of halogens is 3. The zero-order chi connectivity index (χ0) is 25.9.